The van der Waals surface area contributed by atoms with Gasteiger partial charge in [-0.3, -0.25) is 0 Å². The Labute approximate surface area is 72.2 Å². The molecule has 0 radical (unpaired) electrons. The van der Waals surface area contributed by atoms with Gasteiger partial charge in [0.15, 0.2) is 0 Å². The van der Waals surface area contributed by atoms with Gasteiger partial charge in [-0.05, 0) is 29.8 Å². The highest BCUT2D eigenvalue weighted by Gasteiger charge is 2.16. The summed E-state index contributed by atoms with van der Waals surface area (Å²) >= 11 is 1.81. The first-order valence-electron chi connectivity index (χ1n) is 3.86. The summed E-state index contributed by atoms with van der Waals surface area (Å²) in [7, 11) is 0. The van der Waals surface area contributed by atoms with Crippen molar-refractivity contribution in [2.24, 2.45) is 11.1 Å². The van der Waals surface area contributed by atoms with E-state index in [2.05, 4.69) is 31.4 Å². The summed E-state index contributed by atoms with van der Waals surface area (Å²) in [6.45, 7) is 5.16. The monoisotopic (exact) mass is 169 g/mol. The summed E-state index contributed by atoms with van der Waals surface area (Å²) in [5, 5.41) is 2.11. The molecule has 0 saturated carbocycles. The second-order valence-electron chi connectivity index (χ2n) is 3.62. The molecule has 0 bridgehead atoms. The van der Waals surface area contributed by atoms with Gasteiger partial charge < -0.3 is 5.73 Å². The van der Waals surface area contributed by atoms with Gasteiger partial charge in [-0.15, -0.1) is 11.3 Å². The van der Waals surface area contributed by atoms with Crippen LogP contribution in [-0.2, 0) is 6.42 Å². The molecule has 62 valence electrons. The maximum Gasteiger partial charge on any atom is 0.00510 e. The lowest BCUT2D eigenvalue weighted by Crippen LogP contribution is -2.25. The fourth-order valence-corrected chi connectivity index (χ4v) is 1.92. The number of nitrogens with two attached hydrogens (primary N) is 1. The predicted molar refractivity (Wildman–Crippen MR) is 50.9 cm³/mol. The summed E-state index contributed by atoms with van der Waals surface area (Å²) in [5.41, 5.74) is 5.88. The minimum absolute atomic E-state index is 0.255. The number of rotatable bonds is 3. The lowest BCUT2D eigenvalue weighted by molar-refractivity contribution is 0.379. The molecular formula is C9H15NS. The van der Waals surface area contributed by atoms with Crippen LogP contribution >= 0.6 is 11.3 Å². The maximum atomic E-state index is 5.63. The Morgan fingerprint density at radius 1 is 1.55 bits per heavy atom. The quantitative estimate of drug-likeness (QED) is 0.738. The highest BCUT2D eigenvalue weighted by Crippen LogP contribution is 2.22. The topological polar surface area (TPSA) is 26.0 Å². The van der Waals surface area contributed by atoms with Gasteiger partial charge in [0.1, 0.15) is 0 Å². The van der Waals surface area contributed by atoms with E-state index in [0.29, 0.717) is 0 Å². The van der Waals surface area contributed by atoms with Crippen molar-refractivity contribution in [3.05, 3.63) is 22.4 Å². The number of hydrogen-bond acceptors (Lipinski definition) is 2. The van der Waals surface area contributed by atoms with Gasteiger partial charge in [-0.1, -0.05) is 19.9 Å². The molecule has 1 heterocycles. The molecule has 0 spiro atoms. The van der Waals surface area contributed by atoms with Gasteiger partial charge >= 0.3 is 0 Å². The SMILES string of the molecule is CC(C)(CN)Cc1cccs1. The molecule has 0 unspecified atom stereocenters. The van der Waals surface area contributed by atoms with E-state index >= 15 is 0 Å². The van der Waals surface area contributed by atoms with Crippen molar-refractivity contribution in [3.63, 3.8) is 0 Å². The van der Waals surface area contributed by atoms with Crippen molar-refractivity contribution in [1.29, 1.82) is 0 Å². The third-order valence-electron chi connectivity index (χ3n) is 1.79. The van der Waals surface area contributed by atoms with Crippen LogP contribution in [0.1, 0.15) is 18.7 Å². The molecule has 1 nitrogen and oxygen atoms in total. The molecule has 2 heteroatoms. The van der Waals surface area contributed by atoms with E-state index < -0.39 is 0 Å². The highest BCUT2D eigenvalue weighted by molar-refractivity contribution is 7.09. The van der Waals surface area contributed by atoms with E-state index in [1.165, 1.54) is 4.88 Å². The zero-order valence-electron chi connectivity index (χ0n) is 7.13. The maximum absolute atomic E-state index is 5.63. The van der Waals surface area contributed by atoms with Gasteiger partial charge in [0.25, 0.3) is 0 Å². The van der Waals surface area contributed by atoms with Crippen LogP contribution in [0.4, 0.5) is 0 Å². The van der Waals surface area contributed by atoms with Crippen molar-refractivity contribution >= 4 is 11.3 Å². The van der Waals surface area contributed by atoms with Crippen LogP contribution in [-0.4, -0.2) is 6.54 Å². The van der Waals surface area contributed by atoms with Crippen molar-refractivity contribution in [2.75, 3.05) is 6.54 Å². The second kappa shape index (κ2) is 3.37. The van der Waals surface area contributed by atoms with Crippen LogP contribution in [0.15, 0.2) is 17.5 Å². The number of thiophene rings is 1. The Balaban J connectivity index is 2.56. The molecule has 0 saturated heterocycles. The molecule has 0 aromatic carbocycles. The van der Waals surface area contributed by atoms with Crippen LogP contribution in [0, 0.1) is 5.41 Å². The van der Waals surface area contributed by atoms with E-state index in [1.54, 1.807) is 0 Å². The van der Waals surface area contributed by atoms with E-state index in [4.69, 9.17) is 5.73 Å². The summed E-state index contributed by atoms with van der Waals surface area (Å²) in [5.74, 6) is 0. The van der Waals surface area contributed by atoms with Crippen molar-refractivity contribution < 1.29 is 0 Å². The molecule has 2 N–H and O–H groups in total. The minimum atomic E-state index is 0.255. The van der Waals surface area contributed by atoms with Crippen LogP contribution < -0.4 is 5.73 Å². The Morgan fingerprint density at radius 2 is 2.27 bits per heavy atom. The molecule has 0 aliphatic rings. The van der Waals surface area contributed by atoms with Gasteiger partial charge in [0.05, 0.1) is 0 Å². The van der Waals surface area contributed by atoms with Crippen LogP contribution in [0.3, 0.4) is 0 Å². The van der Waals surface area contributed by atoms with Crippen LogP contribution in [0.25, 0.3) is 0 Å². The summed E-state index contributed by atoms with van der Waals surface area (Å²) < 4.78 is 0. The second-order valence-corrected chi connectivity index (χ2v) is 4.66. The van der Waals surface area contributed by atoms with Crippen molar-refractivity contribution in [1.82, 2.24) is 0 Å². The van der Waals surface area contributed by atoms with E-state index in [0.717, 1.165) is 13.0 Å². The molecule has 0 aliphatic heterocycles. The molecule has 11 heavy (non-hydrogen) atoms. The summed E-state index contributed by atoms with van der Waals surface area (Å²) in [6.07, 6.45) is 1.10. The van der Waals surface area contributed by atoms with Crippen molar-refractivity contribution in [2.45, 2.75) is 20.3 Å². The van der Waals surface area contributed by atoms with Crippen molar-refractivity contribution in [3.8, 4) is 0 Å². The zero-order valence-corrected chi connectivity index (χ0v) is 7.95. The predicted octanol–water partition coefficient (Wildman–Crippen LogP) is 2.28. The molecule has 1 rings (SSSR count). The van der Waals surface area contributed by atoms with Gasteiger partial charge in [0.2, 0.25) is 0 Å². The van der Waals surface area contributed by atoms with Gasteiger partial charge in [0, 0.05) is 4.88 Å². The van der Waals surface area contributed by atoms with Crippen LogP contribution in [0.5, 0.6) is 0 Å². The molecule has 1 aromatic rings. The zero-order chi connectivity index (χ0) is 8.32. The minimum Gasteiger partial charge on any atom is -0.330 e. The normalized spacial score (nSPS) is 11.9. The van der Waals surface area contributed by atoms with Gasteiger partial charge in [-0.2, -0.15) is 0 Å². The summed E-state index contributed by atoms with van der Waals surface area (Å²) in [6, 6.07) is 4.26. The smallest absolute Gasteiger partial charge is 0.00510 e. The first-order valence-corrected chi connectivity index (χ1v) is 4.74. The Kier molecular flexibility index (Phi) is 2.68. The first kappa shape index (κ1) is 8.75. The van der Waals surface area contributed by atoms with Gasteiger partial charge in [-0.25, -0.2) is 0 Å². The average Bonchev–Trinajstić information content (AvgIpc) is 2.39. The summed E-state index contributed by atoms with van der Waals surface area (Å²) in [4.78, 5) is 1.43. The molecule has 0 atom stereocenters. The first-order chi connectivity index (χ1) is 5.14. The molecule has 0 amide bonds. The third kappa shape index (κ3) is 2.64. The fraction of sp³-hybridized carbons (Fsp3) is 0.556. The largest absolute Gasteiger partial charge is 0.330 e. The molecule has 1 aromatic heterocycles. The molecule has 0 fully saturated rings. The fourth-order valence-electron chi connectivity index (χ4n) is 0.957. The molecule has 0 aliphatic carbocycles. The average molecular weight is 169 g/mol. The highest BCUT2D eigenvalue weighted by atomic mass is 32.1. The lowest BCUT2D eigenvalue weighted by atomic mass is 9.89. The Bertz CT molecular complexity index is 201. The van der Waals surface area contributed by atoms with E-state index in [9.17, 15) is 0 Å². The standard InChI is InChI=1S/C9H15NS/c1-9(2,7-10)6-8-4-3-5-11-8/h3-5H,6-7,10H2,1-2H3. The Morgan fingerprint density at radius 3 is 2.73 bits per heavy atom. The Hall–Kier alpha value is -0.340. The molecular weight excluding hydrogens is 154 g/mol. The van der Waals surface area contributed by atoms with E-state index in [1.807, 2.05) is 11.3 Å². The third-order valence-corrected chi connectivity index (χ3v) is 2.66. The number of hydrogen-bond donors (Lipinski definition) is 1. The lowest BCUT2D eigenvalue weighted by Gasteiger charge is -2.20. The van der Waals surface area contributed by atoms with E-state index in [-0.39, 0.29) is 5.41 Å². The van der Waals surface area contributed by atoms with Crippen LogP contribution in [0.2, 0.25) is 0 Å².